The molecule has 2 amide bonds. The van der Waals surface area contributed by atoms with Crippen molar-refractivity contribution in [3.63, 3.8) is 0 Å². The molecule has 1 aliphatic heterocycles. The third-order valence-electron chi connectivity index (χ3n) is 2.65. The van der Waals surface area contributed by atoms with Gasteiger partial charge in [-0.2, -0.15) is 0 Å². The number of rotatable bonds is 3. The van der Waals surface area contributed by atoms with Crippen LogP contribution in [0.1, 0.15) is 18.4 Å². The molecular formula is C12H14N2O2. The van der Waals surface area contributed by atoms with E-state index in [1.807, 2.05) is 18.2 Å². The number of hydrogen-bond acceptors (Lipinski definition) is 3. The standard InChI is InChI=1S/C12H14N2O2/c13-7-6-9-2-1-3-10(8-9)14-11(15)4-5-12(14)16/h1-3,8H,4-7,13H2. The van der Waals surface area contributed by atoms with Gasteiger partial charge in [-0.3, -0.25) is 14.5 Å². The highest BCUT2D eigenvalue weighted by Gasteiger charge is 2.30. The summed E-state index contributed by atoms with van der Waals surface area (Å²) in [7, 11) is 0. The SMILES string of the molecule is NCCc1cccc(N2C(=O)CCC2=O)c1. The number of nitrogens with zero attached hydrogens (tertiary/aromatic N) is 1. The molecule has 1 heterocycles. The number of carbonyl (C=O) groups is 2. The fourth-order valence-electron chi connectivity index (χ4n) is 1.88. The lowest BCUT2D eigenvalue weighted by atomic mass is 10.1. The minimum atomic E-state index is -0.116. The molecule has 0 atom stereocenters. The van der Waals surface area contributed by atoms with Crippen molar-refractivity contribution >= 4 is 17.5 Å². The topological polar surface area (TPSA) is 63.4 Å². The Hall–Kier alpha value is -1.68. The average molecular weight is 218 g/mol. The zero-order chi connectivity index (χ0) is 11.5. The summed E-state index contributed by atoms with van der Waals surface area (Å²) >= 11 is 0. The van der Waals surface area contributed by atoms with Crippen LogP contribution in [0.15, 0.2) is 24.3 Å². The van der Waals surface area contributed by atoms with Crippen LogP contribution in [0.5, 0.6) is 0 Å². The molecule has 0 aliphatic carbocycles. The quantitative estimate of drug-likeness (QED) is 0.765. The van der Waals surface area contributed by atoms with Crippen molar-refractivity contribution in [2.24, 2.45) is 5.73 Å². The molecule has 1 aromatic carbocycles. The molecule has 0 saturated carbocycles. The van der Waals surface area contributed by atoms with Crippen LogP contribution in [0.25, 0.3) is 0 Å². The minimum absolute atomic E-state index is 0.116. The maximum absolute atomic E-state index is 11.5. The molecule has 16 heavy (non-hydrogen) atoms. The average Bonchev–Trinajstić information content (AvgIpc) is 2.59. The van der Waals surface area contributed by atoms with E-state index in [0.717, 1.165) is 12.0 Å². The highest BCUT2D eigenvalue weighted by atomic mass is 16.2. The number of imide groups is 1. The smallest absolute Gasteiger partial charge is 0.234 e. The number of hydrogen-bond donors (Lipinski definition) is 1. The number of carbonyl (C=O) groups excluding carboxylic acids is 2. The number of anilines is 1. The molecule has 1 saturated heterocycles. The molecule has 0 radical (unpaired) electrons. The van der Waals surface area contributed by atoms with Gasteiger partial charge in [-0.05, 0) is 30.7 Å². The van der Waals surface area contributed by atoms with E-state index in [-0.39, 0.29) is 11.8 Å². The number of benzene rings is 1. The fourth-order valence-corrected chi connectivity index (χ4v) is 1.88. The summed E-state index contributed by atoms with van der Waals surface area (Å²) in [5.74, 6) is -0.232. The molecule has 2 N–H and O–H groups in total. The van der Waals surface area contributed by atoms with Gasteiger partial charge >= 0.3 is 0 Å². The highest BCUT2D eigenvalue weighted by molar-refractivity contribution is 6.19. The Bertz CT molecular complexity index is 413. The molecule has 0 bridgehead atoms. The maximum atomic E-state index is 11.5. The van der Waals surface area contributed by atoms with E-state index < -0.39 is 0 Å². The first kappa shape index (κ1) is 10.8. The molecule has 84 valence electrons. The molecule has 1 fully saturated rings. The normalized spacial score (nSPS) is 15.9. The lowest BCUT2D eigenvalue weighted by molar-refractivity contribution is -0.121. The van der Waals surface area contributed by atoms with Crippen molar-refractivity contribution in [1.82, 2.24) is 0 Å². The predicted octanol–water partition coefficient (Wildman–Crippen LogP) is 0.841. The molecule has 4 heteroatoms. The zero-order valence-electron chi connectivity index (χ0n) is 8.98. The Kier molecular flexibility index (Phi) is 3.01. The van der Waals surface area contributed by atoms with Gasteiger partial charge in [0.2, 0.25) is 11.8 Å². The van der Waals surface area contributed by atoms with Gasteiger partial charge in [0, 0.05) is 12.8 Å². The Morgan fingerprint density at radius 1 is 1.19 bits per heavy atom. The predicted molar refractivity (Wildman–Crippen MR) is 60.9 cm³/mol. The summed E-state index contributed by atoms with van der Waals surface area (Å²) in [5.41, 5.74) is 7.19. The van der Waals surface area contributed by atoms with Crippen molar-refractivity contribution in [3.8, 4) is 0 Å². The summed E-state index contributed by atoms with van der Waals surface area (Å²) in [6.45, 7) is 0.561. The van der Waals surface area contributed by atoms with Crippen molar-refractivity contribution < 1.29 is 9.59 Å². The molecule has 0 spiro atoms. The van der Waals surface area contributed by atoms with E-state index in [1.54, 1.807) is 6.07 Å². The van der Waals surface area contributed by atoms with Crippen molar-refractivity contribution in [3.05, 3.63) is 29.8 Å². The van der Waals surface area contributed by atoms with Crippen molar-refractivity contribution in [1.29, 1.82) is 0 Å². The van der Waals surface area contributed by atoms with Gasteiger partial charge in [-0.25, -0.2) is 0 Å². The van der Waals surface area contributed by atoms with Gasteiger partial charge in [-0.15, -0.1) is 0 Å². The number of amides is 2. The largest absolute Gasteiger partial charge is 0.330 e. The first-order valence-electron chi connectivity index (χ1n) is 5.37. The third kappa shape index (κ3) is 1.97. The van der Waals surface area contributed by atoms with E-state index >= 15 is 0 Å². The first-order valence-corrected chi connectivity index (χ1v) is 5.37. The van der Waals surface area contributed by atoms with Crippen LogP contribution in [0.4, 0.5) is 5.69 Å². The summed E-state index contributed by atoms with van der Waals surface area (Å²) in [6.07, 6.45) is 1.39. The van der Waals surface area contributed by atoms with Gasteiger partial charge in [0.25, 0.3) is 0 Å². The Balaban J connectivity index is 2.29. The van der Waals surface area contributed by atoms with E-state index in [4.69, 9.17) is 5.73 Å². The molecule has 1 aromatic rings. The summed E-state index contributed by atoms with van der Waals surface area (Å²) in [6, 6.07) is 7.43. The van der Waals surface area contributed by atoms with E-state index in [2.05, 4.69) is 0 Å². The fraction of sp³-hybridized carbons (Fsp3) is 0.333. The lowest BCUT2D eigenvalue weighted by Gasteiger charge is -2.14. The van der Waals surface area contributed by atoms with Gasteiger partial charge in [-0.1, -0.05) is 12.1 Å². The van der Waals surface area contributed by atoms with Crippen LogP contribution in [-0.2, 0) is 16.0 Å². The van der Waals surface area contributed by atoms with Crippen LogP contribution in [0, 0.1) is 0 Å². The minimum Gasteiger partial charge on any atom is -0.330 e. The molecule has 0 unspecified atom stereocenters. The monoisotopic (exact) mass is 218 g/mol. The molecule has 0 aromatic heterocycles. The van der Waals surface area contributed by atoms with Crippen LogP contribution >= 0.6 is 0 Å². The van der Waals surface area contributed by atoms with E-state index in [9.17, 15) is 9.59 Å². The van der Waals surface area contributed by atoms with Crippen molar-refractivity contribution in [2.75, 3.05) is 11.4 Å². The molecular weight excluding hydrogens is 204 g/mol. The second-order valence-corrected chi connectivity index (χ2v) is 3.83. The van der Waals surface area contributed by atoms with Crippen LogP contribution in [-0.4, -0.2) is 18.4 Å². The molecule has 1 aliphatic rings. The van der Waals surface area contributed by atoms with Crippen LogP contribution < -0.4 is 10.6 Å². The number of nitrogens with two attached hydrogens (primary N) is 1. The van der Waals surface area contributed by atoms with E-state index in [1.165, 1.54) is 4.90 Å². The molecule has 2 rings (SSSR count). The summed E-state index contributed by atoms with van der Waals surface area (Å²) in [4.78, 5) is 24.3. The second-order valence-electron chi connectivity index (χ2n) is 3.83. The van der Waals surface area contributed by atoms with Gasteiger partial charge < -0.3 is 5.73 Å². The van der Waals surface area contributed by atoms with Gasteiger partial charge in [0.1, 0.15) is 0 Å². The third-order valence-corrected chi connectivity index (χ3v) is 2.65. The zero-order valence-corrected chi connectivity index (χ0v) is 8.98. The summed E-state index contributed by atoms with van der Waals surface area (Å²) < 4.78 is 0. The Morgan fingerprint density at radius 2 is 1.88 bits per heavy atom. The highest BCUT2D eigenvalue weighted by Crippen LogP contribution is 2.23. The Labute approximate surface area is 94.0 Å². The van der Waals surface area contributed by atoms with Crippen molar-refractivity contribution in [2.45, 2.75) is 19.3 Å². The maximum Gasteiger partial charge on any atom is 0.234 e. The molecule has 4 nitrogen and oxygen atoms in total. The van der Waals surface area contributed by atoms with Crippen LogP contribution in [0.2, 0.25) is 0 Å². The first-order chi connectivity index (χ1) is 7.72. The Morgan fingerprint density at radius 3 is 2.50 bits per heavy atom. The lowest BCUT2D eigenvalue weighted by Crippen LogP contribution is -2.28. The van der Waals surface area contributed by atoms with Gasteiger partial charge in [0.05, 0.1) is 5.69 Å². The van der Waals surface area contributed by atoms with Crippen LogP contribution in [0.3, 0.4) is 0 Å². The second kappa shape index (κ2) is 4.45. The summed E-state index contributed by atoms with van der Waals surface area (Å²) in [5, 5.41) is 0. The van der Waals surface area contributed by atoms with Gasteiger partial charge in [0.15, 0.2) is 0 Å². The van der Waals surface area contributed by atoms with E-state index in [0.29, 0.717) is 25.1 Å².